The van der Waals surface area contributed by atoms with Gasteiger partial charge >= 0.3 is 0 Å². The predicted octanol–water partition coefficient (Wildman–Crippen LogP) is -0.0801. The summed E-state index contributed by atoms with van der Waals surface area (Å²) in [5, 5.41) is 12.3. The van der Waals surface area contributed by atoms with Crippen molar-refractivity contribution in [2.24, 2.45) is 5.92 Å². The number of piperazine rings is 1. The van der Waals surface area contributed by atoms with E-state index < -0.39 is 0 Å². The molecule has 0 aromatic heterocycles. The lowest BCUT2D eigenvalue weighted by atomic mass is 10.2. The van der Waals surface area contributed by atoms with Crippen molar-refractivity contribution in [2.45, 2.75) is 19.0 Å². The van der Waals surface area contributed by atoms with Crippen molar-refractivity contribution in [1.82, 2.24) is 15.1 Å². The van der Waals surface area contributed by atoms with Gasteiger partial charge in [0.15, 0.2) is 0 Å². The minimum absolute atomic E-state index is 0.0761. The molecule has 2 heterocycles. The maximum absolute atomic E-state index is 12.2. The molecule has 5 nitrogen and oxygen atoms in total. The second kappa shape index (κ2) is 4.71. The third-order valence-electron chi connectivity index (χ3n) is 3.80. The number of carbonyl (C=O) groups is 1. The zero-order chi connectivity index (χ0) is 12.5. The molecular formula is C13H18N4O. The summed E-state index contributed by atoms with van der Waals surface area (Å²) < 4.78 is 0. The van der Waals surface area contributed by atoms with Crippen molar-refractivity contribution in [1.29, 1.82) is 5.26 Å². The van der Waals surface area contributed by atoms with Crippen molar-refractivity contribution in [3.8, 4) is 6.07 Å². The Labute approximate surface area is 107 Å². The number of hydrogen-bond acceptors (Lipinski definition) is 4. The molecular weight excluding hydrogens is 228 g/mol. The Morgan fingerprint density at radius 3 is 2.44 bits per heavy atom. The van der Waals surface area contributed by atoms with Crippen LogP contribution in [0, 0.1) is 17.2 Å². The molecule has 3 fully saturated rings. The van der Waals surface area contributed by atoms with Gasteiger partial charge in [0.05, 0.1) is 6.17 Å². The Balaban J connectivity index is 1.57. The smallest absolute Gasteiger partial charge is 0.264 e. The summed E-state index contributed by atoms with van der Waals surface area (Å²) in [6.07, 6.45) is 4.63. The van der Waals surface area contributed by atoms with E-state index >= 15 is 0 Å². The van der Waals surface area contributed by atoms with E-state index in [1.54, 1.807) is 0 Å². The second-order valence-corrected chi connectivity index (χ2v) is 5.28. The monoisotopic (exact) mass is 246 g/mol. The number of nitriles is 1. The SMILES string of the molecule is N#CC(=CC1CC1)C(=O)N1CCN(C2CN2)CC1. The zero-order valence-electron chi connectivity index (χ0n) is 10.4. The lowest BCUT2D eigenvalue weighted by Crippen LogP contribution is -2.50. The number of amides is 1. The Hall–Kier alpha value is -1.38. The molecule has 1 amide bonds. The van der Waals surface area contributed by atoms with Gasteiger partial charge in [-0.2, -0.15) is 5.26 Å². The summed E-state index contributed by atoms with van der Waals surface area (Å²) in [5.41, 5.74) is 0.343. The summed E-state index contributed by atoms with van der Waals surface area (Å²) in [6, 6.07) is 2.06. The van der Waals surface area contributed by atoms with Crippen LogP contribution in [0.1, 0.15) is 12.8 Å². The number of hydrogen-bond donors (Lipinski definition) is 1. The normalized spacial score (nSPS) is 28.9. The first-order valence-electron chi connectivity index (χ1n) is 6.66. The van der Waals surface area contributed by atoms with Crippen LogP contribution in [0.4, 0.5) is 0 Å². The van der Waals surface area contributed by atoms with E-state index in [0.29, 0.717) is 17.7 Å². The molecule has 2 saturated heterocycles. The molecule has 0 bridgehead atoms. The van der Waals surface area contributed by atoms with E-state index in [1.165, 1.54) is 0 Å². The molecule has 1 unspecified atom stereocenters. The van der Waals surface area contributed by atoms with E-state index in [2.05, 4.69) is 16.3 Å². The maximum Gasteiger partial charge on any atom is 0.264 e. The van der Waals surface area contributed by atoms with Crippen molar-refractivity contribution < 1.29 is 4.79 Å². The van der Waals surface area contributed by atoms with Gasteiger partial charge in [-0.25, -0.2) is 0 Å². The van der Waals surface area contributed by atoms with Crippen LogP contribution in [0.25, 0.3) is 0 Å². The molecule has 2 aliphatic heterocycles. The van der Waals surface area contributed by atoms with E-state index in [4.69, 9.17) is 5.26 Å². The topological polar surface area (TPSA) is 69.3 Å². The number of allylic oxidation sites excluding steroid dienone is 1. The summed E-state index contributed by atoms with van der Waals surface area (Å²) in [7, 11) is 0. The highest BCUT2D eigenvalue weighted by atomic mass is 16.2. The van der Waals surface area contributed by atoms with Gasteiger partial charge in [-0.05, 0) is 18.8 Å². The van der Waals surface area contributed by atoms with Crippen molar-refractivity contribution in [2.75, 3.05) is 32.7 Å². The Bertz CT molecular complexity index is 409. The highest BCUT2D eigenvalue weighted by molar-refractivity contribution is 5.97. The maximum atomic E-state index is 12.2. The Morgan fingerprint density at radius 1 is 1.28 bits per heavy atom. The van der Waals surface area contributed by atoms with Crippen molar-refractivity contribution >= 4 is 5.91 Å². The lowest BCUT2D eigenvalue weighted by molar-refractivity contribution is -0.128. The molecule has 0 radical (unpaired) electrons. The molecule has 3 rings (SSSR count). The molecule has 5 heteroatoms. The van der Waals surface area contributed by atoms with Crippen molar-refractivity contribution in [3.05, 3.63) is 11.6 Å². The largest absolute Gasteiger partial charge is 0.335 e. The predicted molar refractivity (Wildman–Crippen MR) is 66.4 cm³/mol. The quantitative estimate of drug-likeness (QED) is 0.429. The van der Waals surface area contributed by atoms with Crippen LogP contribution in [0.5, 0.6) is 0 Å². The van der Waals surface area contributed by atoms with Crippen LogP contribution >= 0.6 is 0 Å². The van der Waals surface area contributed by atoms with E-state index in [-0.39, 0.29) is 5.91 Å². The van der Waals surface area contributed by atoms with Crippen LogP contribution in [-0.2, 0) is 4.79 Å². The summed E-state index contributed by atoms with van der Waals surface area (Å²) in [5.74, 6) is 0.397. The van der Waals surface area contributed by atoms with Crippen LogP contribution < -0.4 is 5.32 Å². The van der Waals surface area contributed by atoms with Crippen LogP contribution in [0.15, 0.2) is 11.6 Å². The highest BCUT2D eigenvalue weighted by Crippen LogP contribution is 2.31. The first-order valence-corrected chi connectivity index (χ1v) is 6.66. The van der Waals surface area contributed by atoms with Gasteiger partial charge in [0.2, 0.25) is 0 Å². The zero-order valence-corrected chi connectivity index (χ0v) is 10.4. The first-order chi connectivity index (χ1) is 8.78. The van der Waals surface area contributed by atoms with Gasteiger partial charge in [0.25, 0.3) is 5.91 Å². The molecule has 0 spiro atoms. The van der Waals surface area contributed by atoms with Crippen LogP contribution in [0.3, 0.4) is 0 Å². The summed E-state index contributed by atoms with van der Waals surface area (Å²) in [6.45, 7) is 4.36. The fourth-order valence-electron chi connectivity index (χ4n) is 2.37. The second-order valence-electron chi connectivity index (χ2n) is 5.28. The van der Waals surface area contributed by atoms with Gasteiger partial charge in [-0.1, -0.05) is 6.08 Å². The molecule has 1 N–H and O–H groups in total. The van der Waals surface area contributed by atoms with Crippen molar-refractivity contribution in [3.63, 3.8) is 0 Å². The molecule has 1 aliphatic carbocycles. The van der Waals surface area contributed by atoms with Gasteiger partial charge in [-0.15, -0.1) is 0 Å². The average Bonchev–Trinajstić information content (AvgIpc) is 3.29. The number of rotatable bonds is 3. The Kier molecular flexibility index (Phi) is 3.06. The molecule has 1 atom stereocenters. The van der Waals surface area contributed by atoms with Crippen LogP contribution in [0.2, 0.25) is 0 Å². The minimum Gasteiger partial charge on any atom is -0.335 e. The van der Waals surface area contributed by atoms with Gasteiger partial charge < -0.3 is 4.90 Å². The summed E-state index contributed by atoms with van der Waals surface area (Å²) in [4.78, 5) is 16.4. The molecule has 0 aromatic carbocycles. The van der Waals surface area contributed by atoms with E-state index in [1.807, 2.05) is 11.0 Å². The molecule has 1 saturated carbocycles. The molecule has 96 valence electrons. The number of nitrogens with one attached hydrogen (secondary N) is 1. The fourth-order valence-corrected chi connectivity index (χ4v) is 2.37. The van der Waals surface area contributed by atoms with Gasteiger partial charge in [0, 0.05) is 32.7 Å². The Morgan fingerprint density at radius 2 is 1.94 bits per heavy atom. The fraction of sp³-hybridized carbons (Fsp3) is 0.692. The van der Waals surface area contributed by atoms with E-state index in [0.717, 1.165) is 45.6 Å². The van der Waals surface area contributed by atoms with Gasteiger partial charge in [-0.3, -0.25) is 15.0 Å². The molecule has 0 aromatic rings. The van der Waals surface area contributed by atoms with Crippen LogP contribution in [-0.4, -0.2) is 54.6 Å². The third-order valence-corrected chi connectivity index (χ3v) is 3.80. The molecule has 3 aliphatic rings. The highest BCUT2D eigenvalue weighted by Gasteiger charge is 2.32. The molecule has 18 heavy (non-hydrogen) atoms. The number of carbonyl (C=O) groups excluding carboxylic acids is 1. The average molecular weight is 246 g/mol. The standard InChI is InChI=1S/C13H18N4O/c14-8-11(7-10-1-2-10)13(18)17-5-3-16(4-6-17)12-9-15-12/h7,10,12,15H,1-6,9H2. The summed E-state index contributed by atoms with van der Waals surface area (Å²) >= 11 is 0. The minimum atomic E-state index is -0.0761. The lowest BCUT2D eigenvalue weighted by Gasteiger charge is -2.34. The first kappa shape index (κ1) is 11.7. The number of nitrogens with zero attached hydrogens (tertiary/aromatic N) is 3. The van der Waals surface area contributed by atoms with E-state index in [9.17, 15) is 4.79 Å². The third kappa shape index (κ3) is 2.55. The van der Waals surface area contributed by atoms with Gasteiger partial charge in [0.1, 0.15) is 11.6 Å².